The van der Waals surface area contributed by atoms with Crippen LogP contribution >= 0.6 is 11.8 Å². The number of ketones is 1. The fraction of sp³-hybridized carbons (Fsp3) is 0.188. The van der Waals surface area contributed by atoms with Crippen LogP contribution in [0.3, 0.4) is 0 Å². The van der Waals surface area contributed by atoms with Crippen molar-refractivity contribution in [1.29, 1.82) is 0 Å². The summed E-state index contributed by atoms with van der Waals surface area (Å²) in [5.41, 5.74) is 2.78. The number of para-hydroxylation sites is 1. The lowest BCUT2D eigenvalue weighted by molar-refractivity contribution is 0.101. The summed E-state index contributed by atoms with van der Waals surface area (Å²) in [6.45, 7) is 2.16. The van der Waals surface area contributed by atoms with E-state index in [-0.39, 0.29) is 12.4 Å². The van der Waals surface area contributed by atoms with Crippen molar-refractivity contribution in [2.24, 2.45) is 0 Å². The molecule has 2 aromatic rings. The molecule has 0 saturated carbocycles. The van der Waals surface area contributed by atoms with Crippen molar-refractivity contribution in [2.45, 2.75) is 16.7 Å². The molecule has 0 aliphatic carbocycles. The third-order valence-corrected chi connectivity index (χ3v) is 4.49. The topological polar surface area (TPSA) is 40.5 Å². The zero-order valence-corrected chi connectivity index (χ0v) is 12.0. The van der Waals surface area contributed by atoms with Gasteiger partial charge in [-0.3, -0.25) is 4.79 Å². The number of fused-ring (bicyclic) bond motifs is 2. The molecule has 0 saturated heterocycles. The van der Waals surface area contributed by atoms with Crippen LogP contribution < -0.4 is 4.90 Å². The van der Waals surface area contributed by atoms with Crippen LogP contribution in [0.4, 0.5) is 11.4 Å². The van der Waals surface area contributed by atoms with E-state index in [0.717, 1.165) is 16.3 Å². The quantitative estimate of drug-likeness (QED) is 0.876. The Morgan fingerprint density at radius 1 is 1.15 bits per heavy atom. The Morgan fingerprint density at radius 3 is 2.65 bits per heavy atom. The van der Waals surface area contributed by atoms with Gasteiger partial charge in [-0.1, -0.05) is 30.0 Å². The number of rotatable bonds is 3. The Morgan fingerprint density at radius 2 is 1.90 bits per heavy atom. The number of hydrogen-bond acceptors (Lipinski definition) is 4. The molecule has 102 valence electrons. The summed E-state index contributed by atoms with van der Waals surface area (Å²) in [6, 6.07) is 13.9. The average Bonchev–Trinajstić information content (AvgIpc) is 2.46. The molecule has 0 amide bonds. The summed E-state index contributed by atoms with van der Waals surface area (Å²) < 4.78 is 0. The highest BCUT2D eigenvalue weighted by atomic mass is 32.2. The Bertz CT molecular complexity index is 669. The van der Waals surface area contributed by atoms with Gasteiger partial charge >= 0.3 is 0 Å². The van der Waals surface area contributed by atoms with E-state index in [1.807, 2.05) is 36.4 Å². The second-order valence-corrected chi connectivity index (χ2v) is 5.77. The summed E-state index contributed by atoms with van der Waals surface area (Å²) >= 11 is 1.70. The zero-order valence-electron chi connectivity index (χ0n) is 11.2. The van der Waals surface area contributed by atoms with E-state index in [4.69, 9.17) is 0 Å². The van der Waals surface area contributed by atoms with Gasteiger partial charge in [-0.05, 0) is 31.2 Å². The van der Waals surface area contributed by atoms with Gasteiger partial charge in [-0.25, -0.2) is 0 Å². The molecular formula is C16H15NO2S. The number of carbonyl (C=O) groups excluding carboxylic acids is 1. The molecule has 1 aliphatic rings. The van der Waals surface area contributed by atoms with E-state index < -0.39 is 0 Å². The lowest BCUT2D eigenvalue weighted by atomic mass is 10.1. The molecule has 1 heterocycles. The van der Waals surface area contributed by atoms with E-state index in [1.165, 1.54) is 4.90 Å². The van der Waals surface area contributed by atoms with Crippen molar-refractivity contribution in [2.75, 3.05) is 18.1 Å². The van der Waals surface area contributed by atoms with E-state index in [9.17, 15) is 9.90 Å². The minimum Gasteiger partial charge on any atom is -0.395 e. The van der Waals surface area contributed by atoms with Crippen LogP contribution in [0.2, 0.25) is 0 Å². The van der Waals surface area contributed by atoms with Crippen molar-refractivity contribution in [1.82, 2.24) is 0 Å². The fourth-order valence-corrected chi connectivity index (χ4v) is 3.47. The molecule has 4 heteroatoms. The SMILES string of the molecule is CC(=O)c1ccc2c(c1)N(CCO)c1ccccc1S2. The second-order valence-electron chi connectivity index (χ2n) is 4.68. The predicted molar refractivity (Wildman–Crippen MR) is 81.1 cm³/mol. The van der Waals surface area contributed by atoms with Gasteiger partial charge in [0.05, 0.1) is 18.0 Å². The molecule has 0 aromatic heterocycles. The van der Waals surface area contributed by atoms with Crippen molar-refractivity contribution in [3.8, 4) is 0 Å². The normalized spacial score (nSPS) is 12.8. The third kappa shape index (κ3) is 2.21. The van der Waals surface area contributed by atoms with E-state index in [2.05, 4.69) is 11.0 Å². The van der Waals surface area contributed by atoms with Gasteiger partial charge in [-0.2, -0.15) is 0 Å². The summed E-state index contributed by atoms with van der Waals surface area (Å²) in [5.74, 6) is 0.0561. The highest BCUT2D eigenvalue weighted by Gasteiger charge is 2.23. The first-order chi connectivity index (χ1) is 9.70. The highest BCUT2D eigenvalue weighted by Crippen LogP contribution is 2.48. The van der Waals surface area contributed by atoms with Gasteiger partial charge in [0, 0.05) is 21.9 Å². The van der Waals surface area contributed by atoms with Crippen molar-refractivity contribution in [3.63, 3.8) is 0 Å². The number of aliphatic hydroxyl groups excluding tert-OH is 1. The fourth-order valence-electron chi connectivity index (χ4n) is 2.39. The molecule has 1 N–H and O–H groups in total. The average molecular weight is 285 g/mol. The number of carbonyl (C=O) groups is 1. The van der Waals surface area contributed by atoms with Crippen LogP contribution in [-0.2, 0) is 0 Å². The smallest absolute Gasteiger partial charge is 0.159 e. The van der Waals surface area contributed by atoms with Crippen LogP contribution in [0, 0.1) is 0 Å². The summed E-state index contributed by atoms with van der Waals surface area (Å²) in [4.78, 5) is 15.9. The number of hydrogen-bond donors (Lipinski definition) is 1. The van der Waals surface area contributed by atoms with E-state index in [1.54, 1.807) is 18.7 Å². The van der Waals surface area contributed by atoms with Crippen LogP contribution in [0.1, 0.15) is 17.3 Å². The van der Waals surface area contributed by atoms with Crippen LogP contribution in [0.25, 0.3) is 0 Å². The Balaban J connectivity index is 2.14. The van der Waals surface area contributed by atoms with E-state index in [0.29, 0.717) is 12.1 Å². The molecule has 0 unspecified atom stereocenters. The number of nitrogens with zero attached hydrogens (tertiary/aromatic N) is 1. The molecule has 2 aromatic carbocycles. The zero-order chi connectivity index (χ0) is 14.1. The molecule has 20 heavy (non-hydrogen) atoms. The number of Topliss-reactive ketones (excluding diaryl/α,β-unsaturated/α-hetero) is 1. The summed E-state index contributed by atoms with van der Waals surface area (Å²) in [6.07, 6.45) is 0. The number of anilines is 2. The first-order valence-corrected chi connectivity index (χ1v) is 7.32. The molecule has 0 radical (unpaired) electrons. The lowest BCUT2D eigenvalue weighted by Gasteiger charge is -2.32. The molecule has 0 spiro atoms. The molecule has 0 fully saturated rings. The maximum atomic E-state index is 11.6. The highest BCUT2D eigenvalue weighted by molar-refractivity contribution is 7.99. The van der Waals surface area contributed by atoms with Gasteiger partial charge < -0.3 is 10.0 Å². The first-order valence-electron chi connectivity index (χ1n) is 6.51. The standard InChI is InChI=1S/C16H15NO2S/c1-11(19)12-6-7-16-14(10-12)17(8-9-18)13-4-2-3-5-15(13)20-16/h2-7,10,18H,8-9H2,1H3. The maximum Gasteiger partial charge on any atom is 0.159 e. The first kappa shape index (κ1) is 13.2. The molecule has 3 rings (SSSR count). The summed E-state index contributed by atoms with van der Waals surface area (Å²) in [5, 5.41) is 9.33. The van der Waals surface area contributed by atoms with Crippen molar-refractivity contribution in [3.05, 3.63) is 48.0 Å². The van der Waals surface area contributed by atoms with Crippen molar-refractivity contribution >= 4 is 28.9 Å². The Hall–Kier alpha value is -1.78. The molecule has 3 nitrogen and oxygen atoms in total. The lowest BCUT2D eigenvalue weighted by Crippen LogP contribution is -2.24. The largest absolute Gasteiger partial charge is 0.395 e. The van der Waals surface area contributed by atoms with Gasteiger partial charge in [0.15, 0.2) is 5.78 Å². The minimum absolute atomic E-state index is 0.0561. The minimum atomic E-state index is 0.0561. The third-order valence-electron chi connectivity index (χ3n) is 3.36. The van der Waals surface area contributed by atoms with Gasteiger partial charge in [0.25, 0.3) is 0 Å². The number of β-amino-alcohol motifs (C(OH)–C–C–N with tert-alkyl or cyclic N) is 1. The Labute approximate surface area is 122 Å². The molecule has 1 aliphatic heterocycles. The van der Waals surface area contributed by atoms with Crippen molar-refractivity contribution < 1.29 is 9.90 Å². The predicted octanol–water partition coefficient (Wildman–Crippen LogP) is 3.48. The monoisotopic (exact) mass is 285 g/mol. The van der Waals surface area contributed by atoms with Crippen LogP contribution in [0.5, 0.6) is 0 Å². The Kier molecular flexibility index (Phi) is 3.51. The van der Waals surface area contributed by atoms with Gasteiger partial charge in [0.1, 0.15) is 0 Å². The van der Waals surface area contributed by atoms with Gasteiger partial charge in [0.2, 0.25) is 0 Å². The molecular weight excluding hydrogens is 270 g/mol. The van der Waals surface area contributed by atoms with E-state index >= 15 is 0 Å². The van der Waals surface area contributed by atoms with Gasteiger partial charge in [-0.15, -0.1) is 0 Å². The molecule has 0 atom stereocenters. The summed E-state index contributed by atoms with van der Waals surface area (Å²) in [7, 11) is 0. The molecule has 0 bridgehead atoms. The maximum absolute atomic E-state index is 11.6. The van der Waals surface area contributed by atoms with Crippen LogP contribution in [0.15, 0.2) is 52.3 Å². The van der Waals surface area contributed by atoms with Crippen LogP contribution in [-0.4, -0.2) is 24.0 Å². The number of aliphatic hydroxyl groups is 1. The number of benzene rings is 2. The second kappa shape index (κ2) is 5.31.